The molecular weight excluding hydrogens is 396 g/mol. The van der Waals surface area contributed by atoms with Crippen LogP contribution in [0.3, 0.4) is 0 Å². The lowest BCUT2D eigenvalue weighted by Crippen LogP contribution is -2.34. The Morgan fingerprint density at radius 3 is 2.55 bits per heavy atom. The molecular formula is C20H18N2O6S. The van der Waals surface area contributed by atoms with Gasteiger partial charge in [0.25, 0.3) is 0 Å². The Morgan fingerprint density at radius 2 is 1.86 bits per heavy atom. The minimum atomic E-state index is -0.836. The van der Waals surface area contributed by atoms with Crippen molar-refractivity contribution in [3.63, 3.8) is 0 Å². The second-order valence-corrected chi connectivity index (χ2v) is 6.94. The summed E-state index contributed by atoms with van der Waals surface area (Å²) < 4.78 is 15.4. The molecule has 0 aliphatic carbocycles. The van der Waals surface area contributed by atoms with Crippen molar-refractivity contribution in [1.29, 1.82) is 0 Å². The van der Waals surface area contributed by atoms with Gasteiger partial charge in [-0.1, -0.05) is 0 Å². The van der Waals surface area contributed by atoms with Crippen molar-refractivity contribution in [3.05, 3.63) is 64.2 Å². The van der Waals surface area contributed by atoms with E-state index in [0.717, 1.165) is 4.88 Å². The summed E-state index contributed by atoms with van der Waals surface area (Å²) in [7, 11) is 2.96. The molecule has 2 amide bonds. The number of hydrogen-bond acceptors (Lipinski definition) is 7. The Labute approximate surface area is 170 Å². The van der Waals surface area contributed by atoms with E-state index in [-0.39, 0.29) is 18.1 Å². The quantitative estimate of drug-likeness (QED) is 0.455. The highest BCUT2D eigenvalue weighted by Gasteiger charge is 2.18. The van der Waals surface area contributed by atoms with Crippen molar-refractivity contribution >= 4 is 34.6 Å². The van der Waals surface area contributed by atoms with Crippen molar-refractivity contribution in [3.8, 4) is 11.5 Å². The number of amides is 2. The van der Waals surface area contributed by atoms with Gasteiger partial charge in [0.1, 0.15) is 11.5 Å². The maximum absolute atomic E-state index is 12.2. The van der Waals surface area contributed by atoms with Crippen LogP contribution < -0.4 is 20.1 Å². The molecule has 0 aliphatic rings. The third-order valence-corrected chi connectivity index (χ3v) is 5.00. The predicted octanol–water partition coefficient (Wildman–Crippen LogP) is 2.84. The van der Waals surface area contributed by atoms with Gasteiger partial charge in [-0.05, 0) is 36.4 Å². The van der Waals surface area contributed by atoms with Crippen molar-refractivity contribution in [1.82, 2.24) is 5.32 Å². The first-order valence-corrected chi connectivity index (χ1v) is 9.31. The molecule has 2 aromatic heterocycles. The minimum Gasteiger partial charge on any atom is -0.497 e. The van der Waals surface area contributed by atoms with Gasteiger partial charge in [0, 0.05) is 10.9 Å². The maximum Gasteiger partial charge on any atom is 0.313 e. The minimum absolute atomic E-state index is 0.113. The molecule has 0 radical (unpaired) electrons. The summed E-state index contributed by atoms with van der Waals surface area (Å²) in [5.74, 6) is -0.712. The highest BCUT2D eigenvalue weighted by Crippen LogP contribution is 2.29. The number of thiophene rings is 1. The molecule has 0 spiro atoms. The smallest absolute Gasteiger partial charge is 0.313 e. The normalized spacial score (nSPS) is 10.3. The number of carbonyl (C=O) groups excluding carboxylic acids is 3. The Morgan fingerprint density at radius 1 is 1.03 bits per heavy atom. The first-order valence-electron chi connectivity index (χ1n) is 8.50. The van der Waals surface area contributed by atoms with E-state index < -0.39 is 11.8 Å². The molecule has 150 valence electrons. The van der Waals surface area contributed by atoms with Gasteiger partial charge in [-0.25, -0.2) is 0 Å². The molecule has 3 rings (SSSR count). The molecule has 0 saturated heterocycles. The molecule has 0 aliphatic heterocycles. The van der Waals surface area contributed by atoms with E-state index in [0.29, 0.717) is 22.1 Å². The third-order valence-electron chi connectivity index (χ3n) is 3.92. The van der Waals surface area contributed by atoms with Gasteiger partial charge >= 0.3 is 11.8 Å². The summed E-state index contributed by atoms with van der Waals surface area (Å²) in [5.41, 5.74) is 0.343. The largest absolute Gasteiger partial charge is 0.497 e. The summed E-state index contributed by atoms with van der Waals surface area (Å²) in [4.78, 5) is 37.7. The summed E-state index contributed by atoms with van der Waals surface area (Å²) >= 11 is 1.22. The summed E-state index contributed by atoms with van der Waals surface area (Å²) in [5, 5.41) is 5.02. The molecule has 0 fully saturated rings. The zero-order chi connectivity index (χ0) is 20.8. The van der Waals surface area contributed by atoms with Crippen molar-refractivity contribution in [2.75, 3.05) is 19.5 Å². The van der Waals surface area contributed by atoms with Crippen LogP contribution in [0.1, 0.15) is 20.3 Å². The Bertz CT molecular complexity index is 1030. The highest BCUT2D eigenvalue weighted by atomic mass is 32.1. The van der Waals surface area contributed by atoms with E-state index in [4.69, 9.17) is 13.9 Å². The molecule has 29 heavy (non-hydrogen) atoms. The number of carbonyl (C=O) groups is 3. The van der Waals surface area contributed by atoms with Gasteiger partial charge in [0.15, 0.2) is 5.76 Å². The molecule has 2 N–H and O–H groups in total. The van der Waals surface area contributed by atoms with E-state index in [2.05, 4.69) is 10.6 Å². The van der Waals surface area contributed by atoms with Crippen LogP contribution in [-0.2, 0) is 16.1 Å². The molecule has 1 aromatic carbocycles. The van der Waals surface area contributed by atoms with E-state index in [9.17, 15) is 14.4 Å². The standard InChI is InChI=1S/C20H18N2O6S/c1-26-12-5-7-14(16(10-12)27-2)22-20(25)19(24)21-11-13-6-8-17(29-13)18(23)15-4-3-9-28-15/h3-10H,11H2,1-2H3,(H,21,24)(H,22,25). The number of benzene rings is 1. The van der Waals surface area contributed by atoms with Gasteiger partial charge < -0.3 is 24.5 Å². The average Bonchev–Trinajstić information content (AvgIpc) is 3.44. The number of ketones is 1. The van der Waals surface area contributed by atoms with Gasteiger partial charge in [-0.15, -0.1) is 11.3 Å². The fourth-order valence-electron chi connectivity index (χ4n) is 2.45. The van der Waals surface area contributed by atoms with Gasteiger partial charge in [-0.3, -0.25) is 14.4 Å². The first-order chi connectivity index (χ1) is 14.0. The second-order valence-electron chi connectivity index (χ2n) is 5.78. The monoisotopic (exact) mass is 414 g/mol. The van der Waals surface area contributed by atoms with Crippen LogP contribution in [0.5, 0.6) is 11.5 Å². The summed E-state index contributed by atoms with van der Waals surface area (Å²) in [6.07, 6.45) is 1.43. The molecule has 9 heteroatoms. The number of ether oxygens (including phenoxy) is 2. The summed E-state index contributed by atoms with van der Waals surface area (Å²) in [6.45, 7) is 0.113. The topological polar surface area (TPSA) is 107 Å². The van der Waals surface area contributed by atoms with E-state index in [1.807, 2.05) is 0 Å². The number of rotatable bonds is 7. The van der Waals surface area contributed by atoms with Crippen LogP contribution in [0.15, 0.2) is 53.1 Å². The molecule has 3 aromatic rings. The van der Waals surface area contributed by atoms with Crippen LogP contribution in [0.2, 0.25) is 0 Å². The van der Waals surface area contributed by atoms with Crippen molar-refractivity contribution in [2.24, 2.45) is 0 Å². The fraction of sp³-hybridized carbons (Fsp3) is 0.150. The maximum atomic E-state index is 12.2. The number of anilines is 1. The number of furan rings is 1. The zero-order valence-electron chi connectivity index (χ0n) is 15.7. The first kappa shape index (κ1) is 20.2. The van der Waals surface area contributed by atoms with Gasteiger partial charge in [0.2, 0.25) is 5.78 Å². The van der Waals surface area contributed by atoms with E-state index in [1.165, 1.54) is 31.8 Å². The van der Waals surface area contributed by atoms with E-state index in [1.54, 1.807) is 42.5 Å². The summed E-state index contributed by atoms with van der Waals surface area (Å²) in [6, 6.07) is 11.4. The molecule has 0 saturated carbocycles. The third kappa shape index (κ3) is 4.82. The average molecular weight is 414 g/mol. The van der Waals surface area contributed by atoms with Crippen LogP contribution >= 0.6 is 11.3 Å². The predicted molar refractivity (Wildman–Crippen MR) is 106 cm³/mol. The Balaban J connectivity index is 1.57. The van der Waals surface area contributed by atoms with Crippen LogP contribution in [0.25, 0.3) is 0 Å². The highest BCUT2D eigenvalue weighted by molar-refractivity contribution is 7.14. The molecule has 0 unspecified atom stereocenters. The Kier molecular flexibility index (Phi) is 6.30. The SMILES string of the molecule is COc1ccc(NC(=O)C(=O)NCc2ccc(C(=O)c3ccco3)s2)c(OC)c1. The molecule has 2 heterocycles. The van der Waals surface area contributed by atoms with E-state index >= 15 is 0 Å². The van der Waals surface area contributed by atoms with Crippen molar-refractivity contribution in [2.45, 2.75) is 6.54 Å². The Hall–Kier alpha value is -3.59. The number of hydrogen-bond donors (Lipinski definition) is 2. The van der Waals surface area contributed by atoms with Crippen molar-refractivity contribution < 1.29 is 28.3 Å². The fourth-order valence-corrected chi connectivity index (χ4v) is 3.34. The second kappa shape index (κ2) is 9.07. The van der Waals surface area contributed by atoms with Crippen LogP contribution in [0, 0.1) is 0 Å². The molecule has 8 nitrogen and oxygen atoms in total. The number of methoxy groups -OCH3 is 2. The lowest BCUT2D eigenvalue weighted by atomic mass is 10.2. The van der Waals surface area contributed by atoms with Gasteiger partial charge in [0.05, 0.1) is 37.6 Å². The molecule has 0 bridgehead atoms. The lowest BCUT2D eigenvalue weighted by Gasteiger charge is -2.11. The van der Waals surface area contributed by atoms with Crippen LogP contribution in [0.4, 0.5) is 5.69 Å². The zero-order valence-corrected chi connectivity index (χ0v) is 16.5. The number of nitrogens with one attached hydrogen (secondary N) is 2. The lowest BCUT2D eigenvalue weighted by molar-refractivity contribution is -0.136. The van der Waals surface area contributed by atoms with Crippen LogP contribution in [-0.4, -0.2) is 31.8 Å². The van der Waals surface area contributed by atoms with Gasteiger partial charge in [-0.2, -0.15) is 0 Å². The molecule has 0 atom stereocenters.